The molecule has 0 saturated heterocycles. The molecule has 150 valence electrons. The molecule has 0 spiro atoms. The summed E-state index contributed by atoms with van der Waals surface area (Å²) in [6.07, 6.45) is 0. The van der Waals surface area contributed by atoms with E-state index in [-0.39, 0.29) is 0 Å². The van der Waals surface area contributed by atoms with Gasteiger partial charge in [-0.1, -0.05) is 48.5 Å². The minimum Gasteiger partial charge on any atom is -0.386 e. The third-order valence-corrected chi connectivity index (χ3v) is 4.92. The predicted molar refractivity (Wildman–Crippen MR) is 123 cm³/mol. The number of benzene rings is 2. The molecule has 0 aliphatic carbocycles. The topological polar surface area (TPSA) is 66.2 Å². The van der Waals surface area contributed by atoms with Crippen LogP contribution in [0.4, 0.5) is 17.2 Å². The van der Waals surface area contributed by atoms with Gasteiger partial charge in [0.05, 0.1) is 23.9 Å². The zero-order valence-corrected chi connectivity index (χ0v) is 17.5. The smallest absolute Gasteiger partial charge is 0.158 e. The summed E-state index contributed by atoms with van der Waals surface area (Å²) in [7, 11) is 1.89. The number of hydrogen-bond acceptors (Lipinski definition) is 5. The van der Waals surface area contributed by atoms with Gasteiger partial charge in [0.25, 0.3) is 0 Å². The molecule has 29 heavy (non-hydrogen) atoms. The van der Waals surface area contributed by atoms with Gasteiger partial charge in [0.15, 0.2) is 5.82 Å². The van der Waals surface area contributed by atoms with Crippen molar-refractivity contribution in [2.24, 2.45) is 5.73 Å². The summed E-state index contributed by atoms with van der Waals surface area (Å²) in [6.45, 7) is 6.24. The second kappa shape index (κ2) is 9.34. The normalized spacial score (nSPS) is 10.4. The maximum absolute atomic E-state index is 5.95. The Morgan fingerprint density at radius 1 is 1.07 bits per heavy atom. The summed E-state index contributed by atoms with van der Waals surface area (Å²) < 4.78 is 0. The second-order valence-electron chi connectivity index (χ2n) is 6.77. The summed E-state index contributed by atoms with van der Waals surface area (Å²) >= 11 is 5.95. The Balaban J connectivity index is 2.07. The maximum Gasteiger partial charge on any atom is 0.158 e. The molecule has 0 atom stereocenters. The van der Waals surface area contributed by atoms with Crippen molar-refractivity contribution in [3.8, 4) is 11.3 Å². The zero-order valence-electron chi connectivity index (χ0n) is 16.7. The van der Waals surface area contributed by atoms with Gasteiger partial charge in [-0.05, 0) is 36.8 Å². The summed E-state index contributed by atoms with van der Waals surface area (Å²) in [6, 6.07) is 20.5. The van der Waals surface area contributed by atoms with Crippen LogP contribution in [0.25, 0.3) is 11.3 Å². The van der Waals surface area contributed by atoms with Crippen molar-refractivity contribution in [2.75, 3.05) is 23.9 Å². The van der Waals surface area contributed by atoms with Crippen LogP contribution in [0, 0.1) is 6.92 Å². The van der Waals surface area contributed by atoms with Crippen LogP contribution in [-0.2, 0) is 5.88 Å². The number of aromatic nitrogens is 1. The molecule has 5 nitrogen and oxygen atoms in total. The number of alkyl halides is 1. The first-order valence-electron chi connectivity index (χ1n) is 9.38. The van der Waals surface area contributed by atoms with Crippen molar-refractivity contribution < 1.29 is 0 Å². The summed E-state index contributed by atoms with van der Waals surface area (Å²) in [5.74, 6) is 1.66. The van der Waals surface area contributed by atoms with Gasteiger partial charge in [0, 0.05) is 24.2 Å². The number of aryl methyl sites for hydroxylation is 1. The molecule has 1 aromatic heterocycles. The first-order valence-corrected chi connectivity index (χ1v) is 9.92. The van der Waals surface area contributed by atoms with E-state index in [9.17, 15) is 0 Å². The van der Waals surface area contributed by atoms with Gasteiger partial charge >= 0.3 is 0 Å². The van der Waals surface area contributed by atoms with Crippen molar-refractivity contribution in [3.05, 3.63) is 84.2 Å². The molecular weight excluding hydrogens is 382 g/mol. The number of hydrogen-bond donors (Lipinski definition) is 3. The quantitative estimate of drug-likeness (QED) is 0.364. The van der Waals surface area contributed by atoms with Crippen LogP contribution in [0.5, 0.6) is 0 Å². The Morgan fingerprint density at radius 3 is 2.34 bits per heavy atom. The van der Waals surface area contributed by atoms with E-state index in [0.717, 1.165) is 34.0 Å². The Labute approximate surface area is 177 Å². The lowest BCUT2D eigenvalue weighted by Crippen LogP contribution is -2.33. The number of nitrogens with one attached hydrogen (secondary N) is 2. The Kier molecular flexibility index (Phi) is 6.62. The highest BCUT2D eigenvalue weighted by Crippen LogP contribution is 2.32. The molecule has 0 radical (unpaired) electrons. The minimum atomic E-state index is 0.396. The fourth-order valence-corrected chi connectivity index (χ4v) is 3.15. The van der Waals surface area contributed by atoms with Gasteiger partial charge in [-0.3, -0.25) is 0 Å². The Hall–Kier alpha value is -3.18. The summed E-state index contributed by atoms with van der Waals surface area (Å²) in [4.78, 5) is 7.02. The Morgan fingerprint density at radius 2 is 1.76 bits per heavy atom. The molecule has 0 aliphatic rings. The van der Waals surface area contributed by atoms with Crippen LogP contribution in [0.1, 0.15) is 11.1 Å². The molecular formula is C23H26ClN5. The molecule has 0 amide bonds. The minimum absolute atomic E-state index is 0.396. The summed E-state index contributed by atoms with van der Waals surface area (Å²) in [5.41, 5.74) is 11.9. The fourth-order valence-electron chi connectivity index (χ4n) is 2.97. The van der Waals surface area contributed by atoms with Gasteiger partial charge < -0.3 is 21.3 Å². The zero-order chi connectivity index (χ0) is 20.8. The average Bonchev–Trinajstić information content (AvgIpc) is 2.74. The van der Waals surface area contributed by atoms with Gasteiger partial charge in [0.1, 0.15) is 0 Å². The van der Waals surface area contributed by atoms with E-state index in [2.05, 4.69) is 53.3 Å². The molecule has 1 heterocycles. The largest absolute Gasteiger partial charge is 0.386 e. The fraction of sp³-hybridized carbons (Fsp3) is 0.174. The molecule has 0 fully saturated rings. The molecule has 6 heteroatoms. The van der Waals surface area contributed by atoms with E-state index in [4.69, 9.17) is 22.3 Å². The molecule has 0 bridgehead atoms. The number of pyridine rings is 1. The molecule has 3 rings (SSSR count). The van der Waals surface area contributed by atoms with Crippen LogP contribution < -0.4 is 21.3 Å². The first-order chi connectivity index (χ1) is 14.0. The van der Waals surface area contributed by atoms with Crippen molar-refractivity contribution in [3.63, 3.8) is 0 Å². The Bertz CT molecular complexity index is 968. The molecule has 4 N–H and O–H groups in total. The lowest BCUT2D eigenvalue weighted by molar-refractivity contribution is 0.784. The standard InChI is InChI=1S/C23H26ClN5/c1-16-4-8-19(9-5-16)21-12-13-22(26-3)23(28-21)29(15-27-17(2)25)20-10-6-18(14-24)7-11-20/h4-13,26-27H,2,14-15,25H2,1,3H3. The van der Waals surface area contributed by atoms with Crippen molar-refractivity contribution in [1.82, 2.24) is 10.3 Å². The van der Waals surface area contributed by atoms with E-state index < -0.39 is 0 Å². The number of nitrogens with two attached hydrogens (primary N) is 1. The van der Waals surface area contributed by atoms with E-state index in [1.807, 2.05) is 43.4 Å². The molecule has 0 saturated carbocycles. The number of rotatable bonds is 8. The number of anilines is 3. The lowest BCUT2D eigenvalue weighted by atomic mass is 10.1. The third-order valence-electron chi connectivity index (χ3n) is 4.61. The van der Waals surface area contributed by atoms with E-state index in [1.165, 1.54) is 5.56 Å². The SMILES string of the molecule is C=C(N)NCN(c1ccc(CCl)cc1)c1nc(-c2ccc(C)cc2)ccc1NC. The van der Waals surface area contributed by atoms with Crippen LogP contribution in [0.2, 0.25) is 0 Å². The van der Waals surface area contributed by atoms with Crippen molar-refractivity contribution in [1.29, 1.82) is 0 Å². The van der Waals surface area contributed by atoms with Crippen LogP contribution >= 0.6 is 11.6 Å². The average molecular weight is 408 g/mol. The number of halogens is 1. The molecule has 2 aromatic carbocycles. The maximum atomic E-state index is 5.95. The molecule has 0 aliphatic heterocycles. The highest BCUT2D eigenvalue weighted by Gasteiger charge is 2.16. The highest BCUT2D eigenvalue weighted by molar-refractivity contribution is 6.17. The van der Waals surface area contributed by atoms with E-state index in [1.54, 1.807) is 0 Å². The van der Waals surface area contributed by atoms with Crippen LogP contribution in [-0.4, -0.2) is 18.7 Å². The van der Waals surface area contributed by atoms with Crippen molar-refractivity contribution >= 4 is 28.8 Å². The lowest BCUT2D eigenvalue weighted by Gasteiger charge is -2.27. The monoisotopic (exact) mass is 407 g/mol. The third kappa shape index (κ3) is 5.00. The highest BCUT2D eigenvalue weighted by atomic mass is 35.5. The van der Waals surface area contributed by atoms with E-state index >= 15 is 0 Å². The van der Waals surface area contributed by atoms with E-state index in [0.29, 0.717) is 18.4 Å². The van der Waals surface area contributed by atoms with Crippen LogP contribution in [0.3, 0.4) is 0 Å². The summed E-state index contributed by atoms with van der Waals surface area (Å²) in [5, 5.41) is 6.34. The second-order valence-corrected chi connectivity index (χ2v) is 7.04. The van der Waals surface area contributed by atoms with Crippen molar-refractivity contribution in [2.45, 2.75) is 12.8 Å². The molecule has 3 aromatic rings. The molecule has 0 unspecified atom stereocenters. The van der Waals surface area contributed by atoms with Gasteiger partial charge in [-0.15, -0.1) is 11.6 Å². The van der Waals surface area contributed by atoms with Gasteiger partial charge in [-0.2, -0.15) is 0 Å². The van der Waals surface area contributed by atoms with Crippen LogP contribution in [0.15, 0.2) is 73.1 Å². The van der Waals surface area contributed by atoms with Gasteiger partial charge in [0.2, 0.25) is 0 Å². The first kappa shape index (κ1) is 20.6. The number of nitrogens with zero attached hydrogens (tertiary/aromatic N) is 2. The van der Waals surface area contributed by atoms with Gasteiger partial charge in [-0.25, -0.2) is 4.98 Å². The predicted octanol–water partition coefficient (Wildman–Crippen LogP) is 4.95.